The van der Waals surface area contributed by atoms with Crippen LogP contribution in [0.25, 0.3) is 0 Å². The normalized spacial score (nSPS) is 19.5. The predicted molar refractivity (Wildman–Crippen MR) is 71.7 cm³/mol. The second kappa shape index (κ2) is 5.43. The Bertz CT molecular complexity index is 527. The lowest BCUT2D eigenvalue weighted by atomic mass is 9.98. The molecule has 2 heterocycles. The number of carboxylic acid groups (broad SMARTS) is 1. The Hall–Kier alpha value is -1.20. The number of carbonyl (C=O) groups excluding carboxylic acids is 1. The first kappa shape index (κ1) is 14.2. The van der Waals surface area contributed by atoms with Crippen LogP contribution in [0, 0.1) is 5.92 Å². The van der Waals surface area contributed by atoms with E-state index in [1.165, 1.54) is 10.6 Å². The van der Waals surface area contributed by atoms with Crippen LogP contribution >= 0.6 is 23.2 Å². The van der Waals surface area contributed by atoms with Gasteiger partial charge in [-0.15, -0.1) is 0 Å². The van der Waals surface area contributed by atoms with E-state index in [4.69, 9.17) is 28.3 Å². The summed E-state index contributed by atoms with van der Waals surface area (Å²) in [6.45, 7) is 0.789. The zero-order valence-electron chi connectivity index (χ0n) is 10.4. The molecule has 0 saturated carbocycles. The first-order valence-corrected chi connectivity index (χ1v) is 6.70. The Morgan fingerprint density at radius 3 is 2.63 bits per heavy atom. The molecule has 0 aliphatic carbocycles. The van der Waals surface area contributed by atoms with Gasteiger partial charge in [-0.05, 0) is 18.9 Å². The van der Waals surface area contributed by atoms with Crippen molar-refractivity contribution in [2.24, 2.45) is 13.0 Å². The standard InChI is InChI=1S/C12H14Cl2N2O3/c1-15-9(5-8(13)10(15)14)11(17)16-4-2-3-7(6-16)12(18)19/h5,7H,2-4,6H2,1H3,(H,18,19)/t7-/m1/s1. The number of piperidine rings is 1. The molecule has 1 amide bonds. The third-order valence-corrected chi connectivity index (χ3v) is 4.24. The van der Waals surface area contributed by atoms with E-state index in [9.17, 15) is 9.59 Å². The molecule has 1 atom stereocenters. The van der Waals surface area contributed by atoms with Gasteiger partial charge in [0.1, 0.15) is 10.8 Å². The molecule has 7 heteroatoms. The Morgan fingerprint density at radius 2 is 2.11 bits per heavy atom. The van der Waals surface area contributed by atoms with Crippen LogP contribution in [0.5, 0.6) is 0 Å². The molecular weight excluding hydrogens is 291 g/mol. The maximum absolute atomic E-state index is 12.3. The summed E-state index contributed by atoms with van der Waals surface area (Å²) in [5.74, 6) is -1.59. The Balaban J connectivity index is 2.19. The van der Waals surface area contributed by atoms with Crippen LogP contribution in [0.1, 0.15) is 23.3 Å². The van der Waals surface area contributed by atoms with Gasteiger partial charge in [0.15, 0.2) is 0 Å². The van der Waals surface area contributed by atoms with E-state index < -0.39 is 11.9 Å². The van der Waals surface area contributed by atoms with Crippen LogP contribution in [0.3, 0.4) is 0 Å². The minimum absolute atomic E-state index is 0.231. The number of likely N-dealkylation sites (tertiary alicyclic amines) is 1. The van der Waals surface area contributed by atoms with Crippen LogP contribution in [0.2, 0.25) is 10.2 Å². The van der Waals surface area contributed by atoms with Gasteiger partial charge in [0.05, 0.1) is 10.9 Å². The molecule has 1 aliphatic heterocycles. The monoisotopic (exact) mass is 304 g/mol. The second-order valence-electron chi connectivity index (χ2n) is 4.66. The summed E-state index contributed by atoms with van der Waals surface area (Å²) >= 11 is 11.8. The number of amides is 1. The molecule has 0 spiro atoms. The van der Waals surface area contributed by atoms with Gasteiger partial charge in [-0.3, -0.25) is 9.59 Å². The quantitative estimate of drug-likeness (QED) is 0.911. The van der Waals surface area contributed by atoms with Crippen molar-refractivity contribution in [1.82, 2.24) is 9.47 Å². The number of aliphatic carboxylic acids is 1. The van der Waals surface area contributed by atoms with Crippen molar-refractivity contribution < 1.29 is 14.7 Å². The molecule has 1 aromatic rings. The van der Waals surface area contributed by atoms with Crippen molar-refractivity contribution >= 4 is 35.1 Å². The lowest BCUT2D eigenvalue weighted by Gasteiger charge is -2.30. The van der Waals surface area contributed by atoms with Crippen molar-refractivity contribution in [2.75, 3.05) is 13.1 Å². The molecule has 1 aliphatic rings. The molecule has 19 heavy (non-hydrogen) atoms. The fourth-order valence-electron chi connectivity index (χ4n) is 2.27. The van der Waals surface area contributed by atoms with E-state index in [0.717, 1.165) is 0 Å². The van der Waals surface area contributed by atoms with Gasteiger partial charge in [0.2, 0.25) is 0 Å². The molecule has 0 unspecified atom stereocenters. The van der Waals surface area contributed by atoms with Crippen molar-refractivity contribution in [3.05, 3.63) is 21.9 Å². The van der Waals surface area contributed by atoms with Crippen LogP contribution in [-0.4, -0.2) is 39.5 Å². The molecule has 1 aromatic heterocycles. The molecule has 2 rings (SSSR count). The van der Waals surface area contributed by atoms with Gasteiger partial charge in [0.25, 0.3) is 5.91 Å². The van der Waals surface area contributed by atoms with Gasteiger partial charge in [-0.25, -0.2) is 0 Å². The highest BCUT2D eigenvalue weighted by atomic mass is 35.5. The fraction of sp³-hybridized carbons (Fsp3) is 0.500. The maximum atomic E-state index is 12.3. The Morgan fingerprint density at radius 1 is 1.42 bits per heavy atom. The molecule has 0 aromatic carbocycles. The van der Waals surface area contributed by atoms with E-state index >= 15 is 0 Å². The molecule has 0 bridgehead atoms. The lowest BCUT2D eigenvalue weighted by molar-refractivity contribution is -0.143. The van der Waals surface area contributed by atoms with Gasteiger partial charge in [-0.2, -0.15) is 0 Å². The minimum Gasteiger partial charge on any atom is -0.481 e. The average molecular weight is 305 g/mol. The summed E-state index contributed by atoms with van der Waals surface area (Å²) in [5, 5.41) is 9.65. The number of rotatable bonds is 2. The average Bonchev–Trinajstić information content (AvgIpc) is 2.66. The topological polar surface area (TPSA) is 62.5 Å². The number of nitrogens with zero attached hydrogens (tertiary/aromatic N) is 2. The third-order valence-electron chi connectivity index (χ3n) is 3.39. The fourth-order valence-corrected chi connectivity index (χ4v) is 2.65. The van der Waals surface area contributed by atoms with E-state index in [2.05, 4.69) is 0 Å². The van der Waals surface area contributed by atoms with Crippen molar-refractivity contribution in [3.63, 3.8) is 0 Å². The summed E-state index contributed by atoms with van der Waals surface area (Å²) < 4.78 is 1.51. The number of hydrogen-bond acceptors (Lipinski definition) is 2. The molecule has 1 saturated heterocycles. The Kier molecular flexibility index (Phi) is 4.06. The zero-order valence-corrected chi connectivity index (χ0v) is 11.9. The van der Waals surface area contributed by atoms with Crippen molar-refractivity contribution in [1.29, 1.82) is 0 Å². The lowest BCUT2D eigenvalue weighted by Crippen LogP contribution is -2.42. The van der Waals surface area contributed by atoms with Gasteiger partial charge >= 0.3 is 5.97 Å². The molecule has 1 N–H and O–H groups in total. The summed E-state index contributed by atoms with van der Waals surface area (Å²) in [7, 11) is 1.65. The van der Waals surface area contributed by atoms with Crippen LogP contribution < -0.4 is 0 Å². The largest absolute Gasteiger partial charge is 0.481 e. The van der Waals surface area contributed by atoms with Gasteiger partial charge < -0.3 is 14.6 Å². The minimum atomic E-state index is -0.861. The van der Waals surface area contributed by atoms with Gasteiger partial charge in [0, 0.05) is 20.1 Å². The summed E-state index contributed by atoms with van der Waals surface area (Å²) in [5.41, 5.74) is 0.376. The van der Waals surface area contributed by atoms with E-state index in [0.29, 0.717) is 35.3 Å². The highest BCUT2D eigenvalue weighted by Crippen LogP contribution is 2.27. The van der Waals surface area contributed by atoms with Crippen molar-refractivity contribution in [2.45, 2.75) is 12.8 Å². The number of aromatic nitrogens is 1. The molecular formula is C12H14Cl2N2O3. The first-order valence-electron chi connectivity index (χ1n) is 5.94. The van der Waals surface area contributed by atoms with E-state index in [-0.39, 0.29) is 12.5 Å². The smallest absolute Gasteiger partial charge is 0.308 e. The van der Waals surface area contributed by atoms with Gasteiger partial charge in [-0.1, -0.05) is 23.2 Å². The zero-order chi connectivity index (χ0) is 14.2. The highest BCUT2D eigenvalue weighted by molar-refractivity contribution is 6.41. The predicted octanol–water partition coefficient (Wildman–Crippen LogP) is 2.27. The number of carbonyl (C=O) groups is 2. The second-order valence-corrected chi connectivity index (χ2v) is 5.42. The summed E-state index contributed by atoms with van der Waals surface area (Å²) in [4.78, 5) is 24.9. The molecule has 104 valence electrons. The van der Waals surface area contributed by atoms with E-state index in [1.807, 2.05) is 0 Å². The summed E-state index contributed by atoms with van der Waals surface area (Å²) in [6, 6.07) is 1.51. The molecule has 0 radical (unpaired) electrons. The van der Waals surface area contributed by atoms with Crippen LogP contribution in [0.15, 0.2) is 6.07 Å². The van der Waals surface area contributed by atoms with Crippen molar-refractivity contribution in [3.8, 4) is 0 Å². The highest BCUT2D eigenvalue weighted by Gasteiger charge is 2.30. The van der Waals surface area contributed by atoms with Crippen LogP contribution in [0.4, 0.5) is 0 Å². The first-order chi connectivity index (χ1) is 8.91. The Labute approximate surface area is 120 Å². The summed E-state index contributed by atoms with van der Waals surface area (Å²) in [6.07, 6.45) is 1.29. The molecule has 1 fully saturated rings. The number of hydrogen-bond donors (Lipinski definition) is 1. The maximum Gasteiger partial charge on any atom is 0.308 e. The molecule has 5 nitrogen and oxygen atoms in total. The number of halogens is 2. The van der Waals surface area contributed by atoms with Crippen LogP contribution in [-0.2, 0) is 11.8 Å². The van der Waals surface area contributed by atoms with E-state index in [1.54, 1.807) is 11.9 Å². The SMILES string of the molecule is Cn1c(C(=O)N2CCC[C@@H](C(=O)O)C2)cc(Cl)c1Cl. The third kappa shape index (κ3) is 2.72. The number of carboxylic acids is 1.